The van der Waals surface area contributed by atoms with Gasteiger partial charge in [-0.2, -0.15) is 0 Å². The highest BCUT2D eigenvalue weighted by Crippen LogP contribution is 2.21. The molecule has 0 amide bonds. The second-order valence-corrected chi connectivity index (χ2v) is 5.22. The minimum absolute atomic E-state index is 0.558. The highest BCUT2D eigenvalue weighted by atomic mass is 32.1. The maximum absolute atomic E-state index is 9.55. The summed E-state index contributed by atoms with van der Waals surface area (Å²) in [5.41, 5.74) is 1.36. The molecule has 0 fully saturated rings. The number of carboxylic acid groups (broad SMARTS) is 2. The number of carbonyl (C=O) groups is 2. The monoisotopic (exact) mass is 296 g/mol. The number of aromatic nitrogens is 1. The minimum atomic E-state index is -1.26. The van der Waals surface area contributed by atoms with Crippen molar-refractivity contribution < 1.29 is 19.8 Å². The van der Waals surface area contributed by atoms with Gasteiger partial charge in [-0.05, 0) is 25.5 Å². The fourth-order valence-electron chi connectivity index (χ4n) is 1.45. The van der Waals surface area contributed by atoms with Crippen molar-refractivity contribution >= 4 is 28.8 Å². The highest BCUT2D eigenvalue weighted by Gasteiger charge is 2.07. The number of aryl methyl sites for hydroxylation is 1. The zero-order valence-corrected chi connectivity index (χ0v) is 11.8. The Morgan fingerprint density at radius 2 is 2.00 bits per heavy atom. The van der Waals surface area contributed by atoms with Crippen LogP contribution >= 0.6 is 11.3 Å². The Bertz CT molecular complexity index is 518. The molecule has 3 N–H and O–H groups in total. The third kappa shape index (κ3) is 6.26. The lowest BCUT2D eigenvalue weighted by molar-refractivity contribution is -0.134. The van der Waals surface area contributed by atoms with E-state index in [0.29, 0.717) is 12.2 Å². The van der Waals surface area contributed by atoms with Crippen molar-refractivity contribution in [2.24, 2.45) is 0 Å². The maximum Gasteiger partial charge on any atom is 0.328 e. The molecule has 6 nitrogen and oxygen atoms in total. The van der Waals surface area contributed by atoms with Crippen LogP contribution in [0.5, 0.6) is 0 Å². The third-order valence-corrected chi connectivity index (χ3v) is 3.28. The van der Waals surface area contributed by atoms with Crippen LogP contribution in [0.15, 0.2) is 24.4 Å². The molecule has 0 atom stereocenters. The van der Waals surface area contributed by atoms with Crippen molar-refractivity contribution in [3.8, 4) is 0 Å². The predicted molar refractivity (Wildman–Crippen MR) is 76.7 cm³/mol. The zero-order chi connectivity index (χ0) is 15.0. The summed E-state index contributed by atoms with van der Waals surface area (Å²) >= 11 is 1.77. The van der Waals surface area contributed by atoms with Gasteiger partial charge in [0.2, 0.25) is 0 Å². The highest BCUT2D eigenvalue weighted by molar-refractivity contribution is 7.12. The molecule has 0 bridgehead atoms. The van der Waals surface area contributed by atoms with E-state index >= 15 is 0 Å². The van der Waals surface area contributed by atoms with Crippen LogP contribution in [-0.4, -0.2) is 40.2 Å². The second kappa shape index (κ2) is 8.23. The molecule has 0 saturated heterocycles. The van der Waals surface area contributed by atoms with Gasteiger partial charge in [0.25, 0.3) is 0 Å². The molecule has 0 unspecified atom stereocenters. The lowest BCUT2D eigenvalue weighted by Gasteiger charge is -2.11. The van der Waals surface area contributed by atoms with Crippen molar-refractivity contribution in [3.63, 3.8) is 0 Å². The van der Waals surface area contributed by atoms with E-state index in [1.165, 1.54) is 15.5 Å². The van der Waals surface area contributed by atoms with Gasteiger partial charge in [-0.25, -0.2) is 14.6 Å². The third-order valence-electron chi connectivity index (χ3n) is 2.29. The first-order valence-corrected chi connectivity index (χ1v) is 6.77. The van der Waals surface area contributed by atoms with Crippen molar-refractivity contribution in [3.05, 3.63) is 34.3 Å². The predicted octanol–water partition coefficient (Wildman–Crippen LogP) is 1.54. The van der Waals surface area contributed by atoms with Gasteiger partial charge in [-0.15, -0.1) is 11.3 Å². The molecular weight excluding hydrogens is 280 g/mol. The van der Waals surface area contributed by atoms with Crippen LogP contribution in [0.3, 0.4) is 0 Å². The van der Waals surface area contributed by atoms with E-state index < -0.39 is 11.9 Å². The van der Waals surface area contributed by atoms with Gasteiger partial charge in [0.05, 0.1) is 0 Å². The van der Waals surface area contributed by atoms with Crippen molar-refractivity contribution in [2.75, 3.05) is 13.1 Å². The average Bonchev–Trinajstić information content (AvgIpc) is 2.85. The number of nitrogens with zero attached hydrogens (tertiary/aromatic N) is 1. The molecule has 2 heterocycles. The molecule has 7 heteroatoms. The molecule has 1 aromatic heterocycles. The first-order chi connectivity index (χ1) is 9.49. The molecule has 20 heavy (non-hydrogen) atoms. The number of carboxylic acids is 2. The van der Waals surface area contributed by atoms with E-state index in [1.54, 1.807) is 11.3 Å². The zero-order valence-electron chi connectivity index (χ0n) is 11.0. The first kappa shape index (κ1) is 16.1. The first-order valence-electron chi connectivity index (χ1n) is 5.95. The van der Waals surface area contributed by atoms with Crippen molar-refractivity contribution in [1.29, 1.82) is 0 Å². The largest absolute Gasteiger partial charge is 0.478 e. The molecule has 1 aliphatic heterocycles. The SMILES string of the molecule is Cc1cnc(C2=CCCNC2)s1.O=C(O)/C=C/C(=O)O. The Kier molecular flexibility index (Phi) is 6.61. The number of hydrogen-bond acceptors (Lipinski definition) is 5. The molecule has 0 radical (unpaired) electrons. The van der Waals surface area contributed by atoms with Crippen LogP contribution in [0.1, 0.15) is 16.3 Å². The van der Waals surface area contributed by atoms with Crippen molar-refractivity contribution in [2.45, 2.75) is 13.3 Å². The van der Waals surface area contributed by atoms with E-state index in [0.717, 1.165) is 19.5 Å². The molecule has 108 valence electrons. The average molecular weight is 296 g/mol. The number of aliphatic carboxylic acids is 2. The number of rotatable bonds is 3. The summed E-state index contributed by atoms with van der Waals surface area (Å²) in [6.07, 6.45) is 6.48. The normalized spacial score (nSPS) is 14.3. The fraction of sp³-hybridized carbons (Fsp3) is 0.308. The van der Waals surface area contributed by atoms with Gasteiger partial charge in [-0.1, -0.05) is 6.08 Å². The van der Waals surface area contributed by atoms with Crippen LogP contribution in [0, 0.1) is 6.92 Å². The molecule has 1 aliphatic rings. The second-order valence-electron chi connectivity index (χ2n) is 3.98. The van der Waals surface area contributed by atoms with Crippen molar-refractivity contribution in [1.82, 2.24) is 10.3 Å². The quantitative estimate of drug-likeness (QED) is 0.732. The van der Waals surface area contributed by atoms with Crippen LogP contribution in [-0.2, 0) is 9.59 Å². The number of thiazole rings is 1. The minimum Gasteiger partial charge on any atom is -0.478 e. The molecule has 1 aromatic rings. The Morgan fingerprint density at radius 3 is 2.40 bits per heavy atom. The summed E-state index contributed by atoms with van der Waals surface area (Å²) in [6.45, 7) is 4.18. The molecule has 2 rings (SSSR count). The lowest BCUT2D eigenvalue weighted by Crippen LogP contribution is -2.21. The summed E-state index contributed by atoms with van der Waals surface area (Å²) < 4.78 is 0. The van der Waals surface area contributed by atoms with Gasteiger partial charge in [-0.3, -0.25) is 0 Å². The maximum atomic E-state index is 9.55. The summed E-state index contributed by atoms with van der Waals surface area (Å²) in [5, 5.41) is 20.1. The smallest absolute Gasteiger partial charge is 0.328 e. The Balaban J connectivity index is 0.000000221. The Hall–Kier alpha value is -1.99. The van der Waals surface area contributed by atoms with Gasteiger partial charge in [0.15, 0.2) is 0 Å². The molecule has 0 aliphatic carbocycles. The summed E-state index contributed by atoms with van der Waals surface area (Å²) in [4.78, 5) is 24.7. The van der Waals surface area contributed by atoms with Crippen LogP contribution in [0.4, 0.5) is 0 Å². The van der Waals surface area contributed by atoms with Crippen LogP contribution in [0.25, 0.3) is 5.57 Å². The summed E-state index contributed by atoms with van der Waals surface area (Å²) in [6, 6.07) is 0. The number of hydrogen-bond donors (Lipinski definition) is 3. The van der Waals surface area contributed by atoms with E-state index in [1.807, 2.05) is 6.20 Å². The van der Waals surface area contributed by atoms with Gasteiger partial charge >= 0.3 is 11.9 Å². The van der Waals surface area contributed by atoms with E-state index in [9.17, 15) is 9.59 Å². The number of nitrogens with one attached hydrogen (secondary N) is 1. The van der Waals surface area contributed by atoms with Crippen LogP contribution < -0.4 is 5.32 Å². The molecule has 0 saturated carbocycles. The van der Waals surface area contributed by atoms with E-state index in [2.05, 4.69) is 23.3 Å². The standard InChI is InChI=1S/C9H12N2S.C4H4O4/c1-7-5-11-9(12-7)8-3-2-4-10-6-8;5-3(6)1-2-4(7)8/h3,5,10H,2,4,6H2,1H3;1-2H,(H,5,6)(H,7,8)/b;2-1+. The van der Waals surface area contributed by atoms with Gasteiger partial charge in [0, 0.05) is 29.8 Å². The van der Waals surface area contributed by atoms with E-state index in [4.69, 9.17) is 10.2 Å². The molecule has 0 spiro atoms. The van der Waals surface area contributed by atoms with Gasteiger partial charge < -0.3 is 15.5 Å². The fourth-order valence-corrected chi connectivity index (χ4v) is 2.25. The Labute approximate surface area is 120 Å². The molecular formula is C13H16N2O4S. The van der Waals surface area contributed by atoms with Crippen LogP contribution in [0.2, 0.25) is 0 Å². The lowest BCUT2D eigenvalue weighted by atomic mass is 10.2. The summed E-state index contributed by atoms with van der Waals surface area (Å²) in [5.74, 6) is -2.51. The van der Waals surface area contributed by atoms with E-state index in [-0.39, 0.29) is 0 Å². The van der Waals surface area contributed by atoms with Gasteiger partial charge in [0.1, 0.15) is 5.01 Å². The Morgan fingerprint density at radius 1 is 1.35 bits per heavy atom. The summed E-state index contributed by atoms with van der Waals surface area (Å²) in [7, 11) is 0. The topological polar surface area (TPSA) is 99.5 Å². The molecule has 0 aromatic carbocycles.